The van der Waals surface area contributed by atoms with E-state index in [-0.39, 0.29) is 31.1 Å². The number of carbonyl (C=O) groups is 2. The number of anilines is 1. The fourth-order valence-corrected chi connectivity index (χ4v) is 6.33. The standard InChI is InChI=1S/C38H42ClNO13/c1-2-3-14-28(41)40-25-17-21(15-16-24(25)39)18-48-37-31(44)29(42)34(26(50-37)19-47-35(46)22-10-6-4-7-11-22)53-38-32(45)30(43)33-27(51-38)20-49-36(52-33)23-12-8-5-9-13-23/h2,4-13,15-17,26-27,29-34,36-38,42-45H,1,3,14,18-20H2,(H,40,41)/t26-,27-,29-,30-,31-,32-,33-,34-,36?,37-,38-/m1/s1. The highest BCUT2D eigenvalue weighted by molar-refractivity contribution is 6.33. The lowest BCUT2D eigenvalue weighted by molar-refractivity contribution is -0.386. The highest BCUT2D eigenvalue weighted by Crippen LogP contribution is 2.36. The van der Waals surface area contributed by atoms with Gasteiger partial charge >= 0.3 is 5.97 Å². The van der Waals surface area contributed by atoms with Crippen molar-refractivity contribution in [1.29, 1.82) is 0 Å². The zero-order valence-corrected chi connectivity index (χ0v) is 29.3. The third kappa shape index (κ3) is 9.49. The van der Waals surface area contributed by atoms with Gasteiger partial charge in [-0.25, -0.2) is 4.79 Å². The molecule has 5 N–H and O–H groups in total. The third-order valence-electron chi connectivity index (χ3n) is 9.02. The van der Waals surface area contributed by atoms with Gasteiger partial charge in [0.15, 0.2) is 18.9 Å². The van der Waals surface area contributed by atoms with Crippen molar-refractivity contribution >= 4 is 29.2 Å². The molecule has 0 spiro atoms. The fourth-order valence-electron chi connectivity index (χ4n) is 6.17. The molecule has 3 aromatic rings. The SMILES string of the molecule is C=CCCC(=O)Nc1cc(CO[C@@H]2O[C@H](COC(=O)c3ccccc3)[C@@H](O[C@H]3O[C@@H]4COC(c5ccccc5)O[C@H]4[C@H](O)[C@H]3O)[C@H](O)[C@H]2O)ccc1Cl. The van der Waals surface area contributed by atoms with Crippen molar-refractivity contribution in [1.82, 2.24) is 0 Å². The second-order valence-corrected chi connectivity index (χ2v) is 13.2. The van der Waals surface area contributed by atoms with E-state index >= 15 is 0 Å². The van der Waals surface area contributed by atoms with Gasteiger partial charge in [0.05, 0.1) is 29.5 Å². The molecule has 0 aliphatic carbocycles. The van der Waals surface area contributed by atoms with Crippen LogP contribution in [-0.4, -0.2) is 107 Å². The Morgan fingerprint density at radius 1 is 0.887 bits per heavy atom. The van der Waals surface area contributed by atoms with Gasteiger partial charge < -0.3 is 58.9 Å². The molecule has 0 radical (unpaired) electrons. The van der Waals surface area contributed by atoms with E-state index in [9.17, 15) is 30.0 Å². The lowest BCUT2D eigenvalue weighted by Gasteiger charge is -2.48. The van der Waals surface area contributed by atoms with Crippen LogP contribution >= 0.6 is 11.6 Å². The number of fused-ring (bicyclic) bond motifs is 1. The Morgan fingerprint density at radius 2 is 1.60 bits per heavy atom. The molecule has 15 heteroatoms. The van der Waals surface area contributed by atoms with Gasteiger partial charge in [0.2, 0.25) is 5.91 Å². The smallest absolute Gasteiger partial charge is 0.338 e. The zero-order valence-electron chi connectivity index (χ0n) is 28.5. The molecule has 53 heavy (non-hydrogen) atoms. The number of hydrogen-bond donors (Lipinski definition) is 5. The molecule has 11 atom stereocenters. The summed E-state index contributed by atoms with van der Waals surface area (Å²) in [5.74, 6) is -0.945. The van der Waals surface area contributed by atoms with Gasteiger partial charge in [0, 0.05) is 12.0 Å². The molecule has 3 aromatic carbocycles. The van der Waals surface area contributed by atoms with Crippen molar-refractivity contribution in [2.75, 3.05) is 18.5 Å². The molecule has 1 unspecified atom stereocenters. The van der Waals surface area contributed by atoms with Gasteiger partial charge in [-0.05, 0) is 36.2 Å². The van der Waals surface area contributed by atoms with Gasteiger partial charge in [0.1, 0.15) is 55.4 Å². The molecule has 0 saturated carbocycles. The van der Waals surface area contributed by atoms with Crippen LogP contribution in [0.1, 0.15) is 40.6 Å². The summed E-state index contributed by atoms with van der Waals surface area (Å²) in [6, 6.07) is 22.1. The van der Waals surface area contributed by atoms with Gasteiger partial charge in [-0.3, -0.25) is 4.79 Å². The van der Waals surface area contributed by atoms with Gasteiger partial charge in [-0.2, -0.15) is 0 Å². The zero-order chi connectivity index (χ0) is 37.5. The largest absolute Gasteiger partial charge is 0.459 e. The Kier molecular flexibility index (Phi) is 13.3. The first-order valence-corrected chi connectivity index (χ1v) is 17.5. The highest BCUT2D eigenvalue weighted by atomic mass is 35.5. The van der Waals surface area contributed by atoms with Crippen molar-refractivity contribution in [2.45, 2.75) is 87.2 Å². The van der Waals surface area contributed by atoms with E-state index in [4.69, 9.17) is 44.8 Å². The van der Waals surface area contributed by atoms with Crippen molar-refractivity contribution in [3.63, 3.8) is 0 Å². The number of carbonyl (C=O) groups excluding carboxylic acids is 2. The van der Waals surface area contributed by atoms with Crippen LogP contribution < -0.4 is 5.32 Å². The summed E-state index contributed by atoms with van der Waals surface area (Å²) in [6.45, 7) is 2.99. The minimum atomic E-state index is -1.72. The van der Waals surface area contributed by atoms with Gasteiger partial charge in [0.25, 0.3) is 0 Å². The van der Waals surface area contributed by atoms with E-state index in [1.165, 1.54) is 0 Å². The number of nitrogens with one attached hydrogen (secondary N) is 1. The molecule has 0 aromatic heterocycles. The van der Waals surface area contributed by atoms with Crippen LogP contribution in [0.25, 0.3) is 0 Å². The van der Waals surface area contributed by atoms with Crippen LogP contribution in [0.5, 0.6) is 0 Å². The summed E-state index contributed by atoms with van der Waals surface area (Å²) in [5, 5.41) is 47.8. The molecular weight excluding hydrogens is 714 g/mol. The maximum absolute atomic E-state index is 12.9. The molecule has 284 valence electrons. The third-order valence-corrected chi connectivity index (χ3v) is 9.35. The van der Waals surface area contributed by atoms with Crippen LogP contribution in [0.15, 0.2) is 91.5 Å². The first-order valence-electron chi connectivity index (χ1n) is 17.2. The number of aliphatic hydroxyl groups is 4. The summed E-state index contributed by atoms with van der Waals surface area (Å²) in [4.78, 5) is 25.1. The number of benzene rings is 3. The van der Waals surface area contributed by atoms with Crippen molar-refractivity contribution < 1.29 is 63.2 Å². The van der Waals surface area contributed by atoms with E-state index in [0.29, 0.717) is 22.7 Å². The second kappa shape index (κ2) is 18.0. The summed E-state index contributed by atoms with van der Waals surface area (Å²) in [7, 11) is 0. The topological polar surface area (TPSA) is 192 Å². The minimum Gasteiger partial charge on any atom is -0.459 e. The monoisotopic (exact) mass is 755 g/mol. The molecule has 3 heterocycles. The minimum absolute atomic E-state index is 0.0147. The fraction of sp³-hybridized carbons (Fsp3) is 0.421. The number of halogens is 1. The normalized spacial score (nSPS) is 31.2. The molecule has 3 aliphatic rings. The highest BCUT2D eigenvalue weighted by Gasteiger charge is 2.53. The molecule has 1 amide bonds. The van der Waals surface area contributed by atoms with Crippen molar-refractivity contribution in [3.8, 4) is 0 Å². The van der Waals surface area contributed by atoms with E-state index in [1.807, 2.05) is 18.2 Å². The quantitative estimate of drug-likeness (QED) is 0.127. The van der Waals surface area contributed by atoms with E-state index in [2.05, 4.69) is 11.9 Å². The molecule has 3 saturated heterocycles. The maximum Gasteiger partial charge on any atom is 0.338 e. The van der Waals surface area contributed by atoms with Crippen LogP contribution in [0, 0.1) is 0 Å². The predicted octanol–water partition coefficient (Wildman–Crippen LogP) is 3.01. The molecule has 6 rings (SSSR count). The predicted molar refractivity (Wildman–Crippen MR) is 187 cm³/mol. The first-order chi connectivity index (χ1) is 25.6. The Morgan fingerprint density at radius 3 is 2.34 bits per heavy atom. The second-order valence-electron chi connectivity index (χ2n) is 12.8. The number of allylic oxidation sites excluding steroid dienone is 1. The Labute approximate surface area is 310 Å². The van der Waals surface area contributed by atoms with Gasteiger partial charge in [-0.1, -0.05) is 72.3 Å². The number of esters is 1. The average molecular weight is 756 g/mol. The Balaban J connectivity index is 1.14. The summed E-state index contributed by atoms with van der Waals surface area (Å²) in [6.07, 6.45) is -12.6. The Hall–Kier alpha value is -3.77. The van der Waals surface area contributed by atoms with Crippen LogP contribution in [-0.2, 0) is 44.6 Å². The molecule has 3 fully saturated rings. The maximum atomic E-state index is 12.9. The van der Waals surface area contributed by atoms with Crippen molar-refractivity contribution in [3.05, 3.63) is 113 Å². The lowest BCUT2D eigenvalue weighted by atomic mass is 9.96. The average Bonchev–Trinajstić information content (AvgIpc) is 3.18. The van der Waals surface area contributed by atoms with Crippen LogP contribution in [0.2, 0.25) is 5.02 Å². The number of aliphatic hydroxyl groups excluding tert-OH is 4. The summed E-state index contributed by atoms with van der Waals surface area (Å²) >= 11 is 6.29. The Bertz CT molecular complexity index is 1680. The van der Waals surface area contributed by atoms with Gasteiger partial charge in [-0.15, -0.1) is 6.58 Å². The van der Waals surface area contributed by atoms with E-state index in [1.54, 1.807) is 66.7 Å². The van der Waals surface area contributed by atoms with E-state index < -0.39 is 80.3 Å². The number of rotatable bonds is 13. The summed E-state index contributed by atoms with van der Waals surface area (Å²) in [5.41, 5.74) is 1.88. The van der Waals surface area contributed by atoms with Crippen molar-refractivity contribution in [2.24, 2.45) is 0 Å². The molecule has 14 nitrogen and oxygen atoms in total. The number of amides is 1. The van der Waals surface area contributed by atoms with E-state index in [0.717, 1.165) is 5.56 Å². The molecular formula is C38H42ClNO13. The number of hydrogen-bond acceptors (Lipinski definition) is 13. The summed E-state index contributed by atoms with van der Waals surface area (Å²) < 4.78 is 41.2. The molecule has 0 bridgehead atoms. The first kappa shape index (κ1) is 38.9. The number of ether oxygens (including phenoxy) is 7. The van der Waals surface area contributed by atoms with Crippen LogP contribution in [0.4, 0.5) is 5.69 Å². The molecule has 3 aliphatic heterocycles. The lowest BCUT2D eigenvalue weighted by Crippen LogP contribution is -2.66. The van der Waals surface area contributed by atoms with Crippen LogP contribution in [0.3, 0.4) is 0 Å².